The molecule has 0 aliphatic carbocycles. The van der Waals surface area contributed by atoms with Gasteiger partial charge in [-0.25, -0.2) is 0 Å². The number of benzene rings is 3. The molecule has 0 saturated heterocycles. The highest BCUT2D eigenvalue weighted by molar-refractivity contribution is 6.30. The van der Waals surface area contributed by atoms with Crippen molar-refractivity contribution >= 4 is 23.4 Å². The van der Waals surface area contributed by atoms with Crippen molar-refractivity contribution in [2.24, 2.45) is 0 Å². The van der Waals surface area contributed by atoms with Gasteiger partial charge in [0, 0.05) is 24.5 Å². The van der Waals surface area contributed by atoms with Crippen LogP contribution in [0.2, 0.25) is 5.02 Å². The lowest BCUT2D eigenvalue weighted by atomic mass is 10.0. The number of carbonyl (C=O) groups excluding carboxylic acids is 2. The van der Waals surface area contributed by atoms with Gasteiger partial charge < -0.3 is 15.0 Å². The topological polar surface area (TPSA) is 58.6 Å². The smallest absolute Gasteiger partial charge is 0.261 e. The van der Waals surface area contributed by atoms with E-state index in [2.05, 4.69) is 12.2 Å². The van der Waals surface area contributed by atoms with E-state index in [9.17, 15) is 9.59 Å². The zero-order valence-corrected chi connectivity index (χ0v) is 20.2. The fourth-order valence-corrected chi connectivity index (χ4v) is 3.85. The van der Waals surface area contributed by atoms with Crippen LogP contribution in [-0.2, 0) is 22.6 Å². The maximum Gasteiger partial charge on any atom is 0.261 e. The Labute approximate surface area is 206 Å². The van der Waals surface area contributed by atoms with Crippen molar-refractivity contribution in [1.29, 1.82) is 0 Å². The van der Waals surface area contributed by atoms with E-state index >= 15 is 0 Å². The Kier molecular flexibility index (Phi) is 9.98. The van der Waals surface area contributed by atoms with Crippen LogP contribution in [0.1, 0.15) is 30.9 Å². The van der Waals surface area contributed by atoms with Gasteiger partial charge >= 0.3 is 0 Å². The minimum Gasteiger partial charge on any atom is -0.484 e. The Morgan fingerprint density at radius 2 is 1.62 bits per heavy atom. The summed E-state index contributed by atoms with van der Waals surface area (Å²) in [5.74, 6) is 0.161. The molecule has 3 aromatic rings. The number of ether oxygens (including phenoxy) is 1. The number of unbranched alkanes of at least 4 members (excludes halogenated alkanes) is 1. The number of carbonyl (C=O) groups is 2. The molecule has 0 heterocycles. The number of amides is 2. The van der Waals surface area contributed by atoms with Crippen molar-refractivity contribution in [2.45, 2.75) is 38.8 Å². The Morgan fingerprint density at radius 3 is 2.29 bits per heavy atom. The molecular weight excluding hydrogens is 448 g/mol. The predicted molar refractivity (Wildman–Crippen MR) is 136 cm³/mol. The molecule has 178 valence electrons. The van der Waals surface area contributed by atoms with Crippen LogP contribution in [0.25, 0.3) is 0 Å². The second-order valence-corrected chi connectivity index (χ2v) is 8.54. The predicted octanol–water partition coefficient (Wildman–Crippen LogP) is 5.28. The first-order valence-corrected chi connectivity index (χ1v) is 12.0. The number of rotatable bonds is 12. The Morgan fingerprint density at radius 1 is 0.941 bits per heavy atom. The van der Waals surface area contributed by atoms with Crippen molar-refractivity contribution in [3.8, 4) is 5.75 Å². The summed E-state index contributed by atoms with van der Waals surface area (Å²) in [6, 6.07) is 25.6. The fraction of sp³-hybridized carbons (Fsp3) is 0.286. The summed E-state index contributed by atoms with van der Waals surface area (Å²) in [5.41, 5.74) is 1.82. The van der Waals surface area contributed by atoms with Crippen molar-refractivity contribution in [2.75, 3.05) is 13.2 Å². The quantitative estimate of drug-likeness (QED) is 0.360. The molecule has 34 heavy (non-hydrogen) atoms. The summed E-state index contributed by atoms with van der Waals surface area (Å²) >= 11 is 6.20. The van der Waals surface area contributed by atoms with Crippen LogP contribution in [0.4, 0.5) is 0 Å². The van der Waals surface area contributed by atoms with E-state index in [4.69, 9.17) is 16.3 Å². The fourth-order valence-electron chi connectivity index (χ4n) is 3.64. The third kappa shape index (κ3) is 7.92. The molecule has 0 saturated carbocycles. The van der Waals surface area contributed by atoms with Crippen molar-refractivity contribution in [1.82, 2.24) is 10.2 Å². The maximum absolute atomic E-state index is 13.5. The normalized spacial score (nSPS) is 11.5. The lowest BCUT2D eigenvalue weighted by Gasteiger charge is -2.31. The minimum atomic E-state index is -0.690. The maximum atomic E-state index is 13.5. The van der Waals surface area contributed by atoms with Crippen LogP contribution in [0, 0.1) is 0 Å². The number of halogens is 1. The van der Waals surface area contributed by atoms with E-state index in [1.54, 1.807) is 23.1 Å². The SMILES string of the molecule is CCCCNC(=O)[C@@H](Cc1ccccc1)N(Cc1cccc(Cl)c1)C(=O)COc1ccccc1. The van der Waals surface area contributed by atoms with Gasteiger partial charge in [0.15, 0.2) is 6.61 Å². The average molecular weight is 479 g/mol. The monoisotopic (exact) mass is 478 g/mol. The van der Waals surface area contributed by atoms with Crippen molar-refractivity contribution in [3.63, 3.8) is 0 Å². The second-order valence-electron chi connectivity index (χ2n) is 8.10. The van der Waals surface area contributed by atoms with Gasteiger partial charge in [-0.15, -0.1) is 0 Å². The third-order valence-electron chi connectivity index (χ3n) is 5.45. The van der Waals surface area contributed by atoms with Gasteiger partial charge in [0.05, 0.1) is 0 Å². The van der Waals surface area contributed by atoms with E-state index in [1.807, 2.05) is 66.7 Å². The molecule has 5 nitrogen and oxygen atoms in total. The van der Waals surface area contributed by atoms with E-state index in [0.29, 0.717) is 23.7 Å². The molecule has 0 spiro atoms. The van der Waals surface area contributed by atoms with Gasteiger partial charge in [0.1, 0.15) is 11.8 Å². The van der Waals surface area contributed by atoms with Gasteiger partial charge in [0.2, 0.25) is 5.91 Å². The average Bonchev–Trinajstić information content (AvgIpc) is 2.86. The minimum absolute atomic E-state index is 0.169. The standard InChI is InChI=1S/C28H31ClN2O3/c1-2-3-17-30-28(33)26(19-22-11-6-4-7-12-22)31(20-23-13-10-14-24(29)18-23)27(32)21-34-25-15-8-5-9-16-25/h4-16,18,26H,2-3,17,19-21H2,1H3,(H,30,33)/t26-/m1/s1. The number of hydrogen-bond acceptors (Lipinski definition) is 3. The highest BCUT2D eigenvalue weighted by Crippen LogP contribution is 2.18. The van der Waals surface area contributed by atoms with Crippen LogP contribution >= 0.6 is 11.6 Å². The molecule has 3 aromatic carbocycles. The molecule has 2 amide bonds. The third-order valence-corrected chi connectivity index (χ3v) is 5.68. The molecule has 0 radical (unpaired) electrons. The molecule has 3 rings (SSSR count). The number of nitrogens with zero attached hydrogens (tertiary/aromatic N) is 1. The first-order valence-electron chi connectivity index (χ1n) is 11.6. The van der Waals surface area contributed by atoms with Crippen LogP contribution in [0.5, 0.6) is 5.75 Å². The summed E-state index contributed by atoms with van der Waals surface area (Å²) in [6.07, 6.45) is 2.25. The Balaban J connectivity index is 1.87. The number of nitrogens with one attached hydrogen (secondary N) is 1. The number of hydrogen-bond donors (Lipinski definition) is 1. The van der Waals surface area contributed by atoms with Gasteiger partial charge in [-0.2, -0.15) is 0 Å². The van der Waals surface area contributed by atoms with Gasteiger partial charge in [-0.05, 0) is 41.8 Å². The van der Waals surface area contributed by atoms with Crippen LogP contribution < -0.4 is 10.1 Å². The molecule has 6 heteroatoms. The second kappa shape index (κ2) is 13.4. The zero-order chi connectivity index (χ0) is 24.2. The van der Waals surface area contributed by atoms with Crippen molar-refractivity contribution < 1.29 is 14.3 Å². The molecular formula is C28H31ClN2O3. The zero-order valence-electron chi connectivity index (χ0n) is 19.5. The van der Waals surface area contributed by atoms with E-state index in [0.717, 1.165) is 24.0 Å². The summed E-state index contributed by atoms with van der Waals surface area (Å²) in [4.78, 5) is 28.4. The first kappa shape index (κ1) is 25.3. The van der Waals surface area contributed by atoms with Gasteiger partial charge in [-0.3, -0.25) is 9.59 Å². The first-order chi connectivity index (χ1) is 16.6. The number of para-hydroxylation sites is 1. The lowest BCUT2D eigenvalue weighted by Crippen LogP contribution is -2.51. The highest BCUT2D eigenvalue weighted by Gasteiger charge is 2.30. The Hall–Kier alpha value is -3.31. The summed E-state index contributed by atoms with van der Waals surface area (Å²) in [5, 5.41) is 3.59. The summed E-state index contributed by atoms with van der Waals surface area (Å²) < 4.78 is 5.74. The van der Waals surface area contributed by atoms with Crippen LogP contribution in [0.3, 0.4) is 0 Å². The van der Waals surface area contributed by atoms with Crippen LogP contribution in [-0.4, -0.2) is 35.9 Å². The van der Waals surface area contributed by atoms with E-state index in [-0.39, 0.29) is 25.0 Å². The molecule has 0 aromatic heterocycles. The summed E-state index contributed by atoms with van der Waals surface area (Å²) in [6.45, 7) is 2.72. The largest absolute Gasteiger partial charge is 0.484 e. The van der Waals surface area contributed by atoms with Gasteiger partial charge in [-0.1, -0.05) is 85.6 Å². The van der Waals surface area contributed by atoms with Crippen LogP contribution in [0.15, 0.2) is 84.9 Å². The molecule has 1 N–H and O–H groups in total. The molecule has 0 unspecified atom stereocenters. The van der Waals surface area contributed by atoms with Crippen molar-refractivity contribution in [3.05, 3.63) is 101 Å². The molecule has 1 atom stereocenters. The lowest BCUT2D eigenvalue weighted by molar-refractivity contribution is -0.142. The van der Waals surface area contributed by atoms with E-state index in [1.165, 1.54) is 0 Å². The van der Waals surface area contributed by atoms with Gasteiger partial charge in [0.25, 0.3) is 5.91 Å². The molecule has 0 aliphatic heterocycles. The Bertz CT molecular complexity index is 1040. The molecule has 0 aliphatic rings. The molecule has 0 bridgehead atoms. The van der Waals surface area contributed by atoms with E-state index < -0.39 is 6.04 Å². The molecule has 0 fully saturated rings. The summed E-state index contributed by atoms with van der Waals surface area (Å²) in [7, 11) is 0. The highest BCUT2D eigenvalue weighted by atomic mass is 35.5.